The van der Waals surface area contributed by atoms with Crippen molar-refractivity contribution in [3.05, 3.63) is 35.9 Å². The van der Waals surface area contributed by atoms with Gasteiger partial charge in [-0.05, 0) is 12.5 Å². The van der Waals surface area contributed by atoms with Crippen LogP contribution in [-0.2, 0) is 6.42 Å². The molecule has 0 nitrogen and oxygen atoms in total. The van der Waals surface area contributed by atoms with Crippen LogP contribution in [0.15, 0.2) is 30.3 Å². The van der Waals surface area contributed by atoms with Crippen molar-refractivity contribution >= 4 is 0 Å². The Morgan fingerprint density at radius 3 is 1.73 bits per heavy atom. The first-order valence-corrected chi connectivity index (χ1v) is 3.87. The van der Waals surface area contributed by atoms with Gasteiger partial charge in [-0.25, -0.2) is 8.78 Å². The lowest BCUT2D eigenvalue weighted by Crippen LogP contribution is -2.13. The monoisotopic (exact) mass is 222 g/mol. The average Bonchev–Trinajstić information content (AvgIpc) is 2.07. The van der Waals surface area contributed by atoms with Gasteiger partial charge < -0.3 is 0 Å². The molecule has 0 heterocycles. The molecule has 0 aliphatic rings. The molecule has 0 aliphatic carbocycles. The van der Waals surface area contributed by atoms with E-state index in [0.29, 0.717) is 12.7 Å². The van der Waals surface area contributed by atoms with Crippen molar-refractivity contribution < 1.29 is 13.2 Å². The Kier molecular flexibility index (Phi) is 12.5. The van der Waals surface area contributed by atoms with Gasteiger partial charge in [0, 0.05) is 6.42 Å². The first kappa shape index (κ1) is 19.6. The van der Waals surface area contributed by atoms with E-state index in [0.717, 1.165) is 6.92 Å². The molecule has 15 heavy (non-hydrogen) atoms. The zero-order chi connectivity index (χ0) is 10.3. The average molecular weight is 222 g/mol. The molecule has 1 aromatic carbocycles. The second-order valence-electron chi connectivity index (χ2n) is 2.73. The molecule has 1 aromatic rings. The van der Waals surface area contributed by atoms with Crippen LogP contribution in [0.5, 0.6) is 0 Å². The molecular formula is C12H21F3. The van der Waals surface area contributed by atoms with Crippen molar-refractivity contribution in [3.8, 4) is 0 Å². The Morgan fingerprint density at radius 2 is 1.40 bits per heavy atom. The maximum Gasteiger partial charge on any atom is 0.249 e. The van der Waals surface area contributed by atoms with Crippen LogP contribution in [0.4, 0.5) is 13.2 Å². The van der Waals surface area contributed by atoms with Crippen LogP contribution >= 0.6 is 0 Å². The molecule has 0 aromatic heterocycles. The molecule has 0 fully saturated rings. The molecule has 0 spiro atoms. The summed E-state index contributed by atoms with van der Waals surface area (Å²) in [7, 11) is 0.500. The SMILES string of the molecule is C.C.CC(F)(F)Cc1ccccc1.CF. The molecule has 0 radical (unpaired) electrons. The third-order valence-corrected chi connectivity index (χ3v) is 1.36. The molecule has 90 valence electrons. The Morgan fingerprint density at radius 1 is 1.00 bits per heavy atom. The summed E-state index contributed by atoms with van der Waals surface area (Å²) in [4.78, 5) is 0. The van der Waals surface area contributed by atoms with Crippen molar-refractivity contribution in [1.29, 1.82) is 0 Å². The van der Waals surface area contributed by atoms with Gasteiger partial charge >= 0.3 is 0 Å². The summed E-state index contributed by atoms with van der Waals surface area (Å²) in [5, 5.41) is 0. The molecular weight excluding hydrogens is 201 g/mol. The Labute approximate surface area is 91.1 Å². The predicted molar refractivity (Wildman–Crippen MR) is 61.3 cm³/mol. The van der Waals surface area contributed by atoms with Gasteiger partial charge in [-0.2, -0.15) is 0 Å². The summed E-state index contributed by atoms with van der Waals surface area (Å²) in [6.07, 6.45) is -0.173. The number of hydrogen-bond donors (Lipinski definition) is 0. The standard InChI is InChI=1S/C9H10F2.CH3F.2CH4/c1-9(10,11)7-8-5-3-2-4-6-8;1-2;;/h2-6H,7H2,1H3;1H3;2*1H4. The second kappa shape index (κ2) is 9.56. The highest BCUT2D eigenvalue weighted by Gasteiger charge is 2.20. The zero-order valence-electron chi connectivity index (χ0n) is 7.73. The third-order valence-electron chi connectivity index (χ3n) is 1.36. The molecule has 3 heteroatoms. The van der Waals surface area contributed by atoms with E-state index in [-0.39, 0.29) is 21.3 Å². The number of halogens is 3. The van der Waals surface area contributed by atoms with Crippen molar-refractivity contribution in [1.82, 2.24) is 0 Å². The van der Waals surface area contributed by atoms with Crippen LogP contribution in [0.2, 0.25) is 0 Å². The quantitative estimate of drug-likeness (QED) is 0.677. The fraction of sp³-hybridized carbons (Fsp3) is 0.500. The van der Waals surface area contributed by atoms with Gasteiger partial charge in [0.1, 0.15) is 0 Å². The second-order valence-corrected chi connectivity index (χ2v) is 2.73. The summed E-state index contributed by atoms with van der Waals surface area (Å²) in [5.74, 6) is -2.60. The van der Waals surface area contributed by atoms with E-state index in [2.05, 4.69) is 0 Å². The van der Waals surface area contributed by atoms with Gasteiger partial charge in [-0.1, -0.05) is 45.2 Å². The smallest absolute Gasteiger partial charge is 0.249 e. The van der Waals surface area contributed by atoms with E-state index < -0.39 is 5.92 Å². The largest absolute Gasteiger partial charge is 0.255 e. The molecule has 0 aliphatic heterocycles. The van der Waals surface area contributed by atoms with Gasteiger partial charge in [0.15, 0.2) is 0 Å². The molecule has 0 saturated carbocycles. The number of rotatable bonds is 2. The minimum absolute atomic E-state index is 0. The third kappa shape index (κ3) is 10.9. The van der Waals surface area contributed by atoms with Crippen molar-refractivity contribution in [2.45, 2.75) is 34.1 Å². The van der Waals surface area contributed by atoms with Crippen LogP contribution in [0, 0.1) is 0 Å². The lowest BCUT2D eigenvalue weighted by Gasteiger charge is -2.08. The summed E-state index contributed by atoms with van der Waals surface area (Å²) in [6.45, 7) is 0.931. The van der Waals surface area contributed by atoms with Crippen LogP contribution in [-0.4, -0.2) is 13.1 Å². The summed E-state index contributed by atoms with van der Waals surface area (Å²) in [5.41, 5.74) is 0.681. The zero-order valence-corrected chi connectivity index (χ0v) is 7.73. The van der Waals surface area contributed by atoms with Crippen LogP contribution in [0.1, 0.15) is 27.3 Å². The van der Waals surface area contributed by atoms with Crippen molar-refractivity contribution in [2.24, 2.45) is 0 Å². The maximum atomic E-state index is 12.4. The minimum atomic E-state index is -2.60. The van der Waals surface area contributed by atoms with Crippen molar-refractivity contribution in [3.63, 3.8) is 0 Å². The Hall–Kier alpha value is -0.990. The maximum absolute atomic E-state index is 12.4. The summed E-state index contributed by atoms with van der Waals surface area (Å²) < 4.78 is 34.3. The van der Waals surface area contributed by atoms with E-state index >= 15 is 0 Å². The number of hydrogen-bond acceptors (Lipinski definition) is 0. The van der Waals surface area contributed by atoms with E-state index in [9.17, 15) is 13.2 Å². The normalized spacial score (nSPS) is 8.87. The molecule has 1 rings (SSSR count). The molecule has 0 bridgehead atoms. The van der Waals surface area contributed by atoms with Crippen LogP contribution < -0.4 is 0 Å². The van der Waals surface area contributed by atoms with Crippen molar-refractivity contribution in [2.75, 3.05) is 7.18 Å². The first-order chi connectivity index (χ1) is 6.08. The molecule has 0 saturated heterocycles. The lowest BCUT2D eigenvalue weighted by molar-refractivity contribution is 0.0226. The number of benzene rings is 1. The fourth-order valence-corrected chi connectivity index (χ4v) is 0.954. The van der Waals surface area contributed by atoms with Gasteiger partial charge in [-0.3, -0.25) is 4.39 Å². The molecule has 0 amide bonds. The molecule has 0 atom stereocenters. The molecule has 0 N–H and O–H groups in total. The van der Waals surface area contributed by atoms with E-state index in [1.165, 1.54) is 0 Å². The van der Waals surface area contributed by atoms with E-state index in [4.69, 9.17) is 0 Å². The van der Waals surface area contributed by atoms with Gasteiger partial charge in [0.2, 0.25) is 5.92 Å². The van der Waals surface area contributed by atoms with E-state index in [1.54, 1.807) is 24.3 Å². The van der Waals surface area contributed by atoms with E-state index in [1.807, 2.05) is 6.07 Å². The Balaban J connectivity index is -0.000000339. The van der Waals surface area contributed by atoms with Gasteiger partial charge in [0.25, 0.3) is 0 Å². The first-order valence-electron chi connectivity index (χ1n) is 3.87. The lowest BCUT2D eigenvalue weighted by atomic mass is 10.1. The summed E-state index contributed by atoms with van der Waals surface area (Å²) in [6, 6.07) is 8.76. The highest BCUT2D eigenvalue weighted by Crippen LogP contribution is 2.18. The summed E-state index contributed by atoms with van der Waals surface area (Å²) >= 11 is 0. The number of alkyl halides is 3. The highest BCUT2D eigenvalue weighted by molar-refractivity contribution is 5.15. The Bertz CT molecular complexity index is 214. The fourth-order valence-electron chi connectivity index (χ4n) is 0.954. The van der Waals surface area contributed by atoms with Crippen LogP contribution in [0.3, 0.4) is 0 Å². The van der Waals surface area contributed by atoms with Gasteiger partial charge in [0.05, 0.1) is 7.18 Å². The van der Waals surface area contributed by atoms with Gasteiger partial charge in [-0.15, -0.1) is 0 Å². The topological polar surface area (TPSA) is 0 Å². The predicted octanol–water partition coefficient (Wildman–Crippen LogP) is 4.74. The minimum Gasteiger partial charge on any atom is -0.255 e. The highest BCUT2D eigenvalue weighted by atomic mass is 19.3. The molecule has 0 unspecified atom stereocenters. The van der Waals surface area contributed by atoms with Crippen LogP contribution in [0.25, 0.3) is 0 Å².